The predicted octanol–water partition coefficient (Wildman–Crippen LogP) is 1.08. The smallest absolute Gasteiger partial charge is 0.223 e. The van der Waals surface area contributed by atoms with Gasteiger partial charge in [-0.2, -0.15) is 5.10 Å². The Hall–Kier alpha value is -2.31. The summed E-state index contributed by atoms with van der Waals surface area (Å²) < 4.78 is 1.73. The Kier molecular flexibility index (Phi) is 3.84. The topological polar surface area (TPSA) is 85.6 Å². The van der Waals surface area contributed by atoms with Crippen molar-refractivity contribution in [2.75, 3.05) is 5.32 Å². The van der Waals surface area contributed by atoms with Crippen molar-refractivity contribution in [2.24, 2.45) is 0 Å². The molecule has 7 heteroatoms. The highest BCUT2D eigenvalue weighted by atomic mass is 16.1. The lowest BCUT2D eigenvalue weighted by atomic mass is 10.2. The molecule has 19 heavy (non-hydrogen) atoms. The van der Waals surface area contributed by atoms with Gasteiger partial charge < -0.3 is 5.32 Å². The lowest BCUT2D eigenvalue weighted by Crippen LogP contribution is -2.23. The van der Waals surface area contributed by atoms with Crippen LogP contribution >= 0.6 is 0 Å². The highest BCUT2D eigenvalue weighted by molar-refractivity contribution is 5.94. The van der Waals surface area contributed by atoms with E-state index in [0.29, 0.717) is 23.8 Å². The maximum absolute atomic E-state index is 11.3. The second-order valence-corrected chi connectivity index (χ2v) is 4.41. The van der Waals surface area contributed by atoms with Gasteiger partial charge >= 0.3 is 0 Å². The van der Waals surface area contributed by atoms with Crippen LogP contribution in [0.4, 0.5) is 5.95 Å². The summed E-state index contributed by atoms with van der Waals surface area (Å²) in [5.74, 6) is 0.481. The van der Waals surface area contributed by atoms with Crippen LogP contribution in [0.1, 0.15) is 29.9 Å². The maximum Gasteiger partial charge on any atom is 0.223 e. The molecule has 0 aliphatic heterocycles. The largest absolute Gasteiger partial charge is 0.350 e. The van der Waals surface area contributed by atoms with Crippen molar-refractivity contribution in [1.82, 2.24) is 24.7 Å². The second kappa shape index (κ2) is 5.55. The van der Waals surface area contributed by atoms with E-state index in [0.717, 1.165) is 0 Å². The molecule has 0 bridgehead atoms. The molecule has 0 unspecified atom stereocenters. The Labute approximate surface area is 111 Å². The molecule has 0 saturated heterocycles. The van der Waals surface area contributed by atoms with E-state index in [1.54, 1.807) is 24.1 Å². The minimum absolute atomic E-state index is 0.0280. The van der Waals surface area contributed by atoms with E-state index in [9.17, 15) is 4.79 Å². The molecular weight excluding hydrogens is 244 g/mol. The molecule has 2 aromatic rings. The van der Waals surface area contributed by atoms with Crippen LogP contribution < -0.4 is 5.32 Å². The van der Waals surface area contributed by atoms with E-state index in [-0.39, 0.29) is 11.8 Å². The molecule has 1 atom stereocenters. The Balaban J connectivity index is 2.03. The summed E-state index contributed by atoms with van der Waals surface area (Å²) >= 11 is 0. The van der Waals surface area contributed by atoms with E-state index >= 15 is 0 Å². The highest BCUT2D eigenvalue weighted by Gasteiger charge is 2.09. The zero-order valence-electron chi connectivity index (χ0n) is 11.2. The van der Waals surface area contributed by atoms with Gasteiger partial charge in [0.1, 0.15) is 12.7 Å². The van der Waals surface area contributed by atoms with Crippen molar-refractivity contribution in [3.05, 3.63) is 30.1 Å². The molecule has 0 aromatic carbocycles. The fraction of sp³-hybridized carbons (Fsp3) is 0.417. The van der Waals surface area contributed by atoms with E-state index < -0.39 is 0 Å². The normalized spacial score (nSPS) is 12.2. The molecule has 0 aliphatic rings. The molecule has 1 N–H and O–H groups in total. The van der Waals surface area contributed by atoms with E-state index in [2.05, 4.69) is 25.4 Å². The number of nitrogens with zero attached hydrogens (tertiary/aromatic N) is 5. The molecule has 2 rings (SSSR count). The molecule has 0 amide bonds. The van der Waals surface area contributed by atoms with Gasteiger partial charge in [-0.3, -0.25) is 9.48 Å². The minimum Gasteiger partial charge on any atom is -0.350 e. The summed E-state index contributed by atoms with van der Waals surface area (Å²) in [6.45, 7) is 5.97. The fourth-order valence-corrected chi connectivity index (χ4v) is 1.76. The molecule has 0 spiro atoms. The predicted molar refractivity (Wildman–Crippen MR) is 69.9 cm³/mol. The lowest BCUT2D eigenvalue weighted by molar-refractivity contribution is 0.101. The molecular formula is C12H16N6O. The summed E-state index contributed by atoms with van der Waals surface area (Å²) in [6.07, 6.45) is 4.70. The molecule has 7 nitrogen and oxygen atoms in total. The number of carbonyl (C=O) groups is 1. The average molecular weight is 260 g/mol. The van der Waals surface area contributed by atoms with Crippen LogP contribution in [0, 0.1) is 6.92 Å². The van der Waals surface area contributed by atoms with Crippen LogP contribution in [0.15, 0.2) is 18.9 Å². The summed E-state index contributed by atoms with van der Waals surface area (Å²) in [5, 5.41) is 7.20. The number of aromatic nitrogens is 5. The molecule has 100 valence electrons. The first kappa shape index (κ1) is 13.1. The Morgan fingerprint density at radius 2 is 2.32 bits per heavy atom. The molecule has 2 heterocycles. The van der Waals surface area contributed by atoms with Gasteiger partial charge in [0.25, 0.3) is 0 Å². The van der Waals surface area contributed by atoms with Crippen LogP contribution in [-0.2, 0) is 6.54 Å². The van der Waals surface area contributed by atoms with Crippen molar-refractivity contribution < 1.29 is 4.79 Å². The highest BCUT2D eigenvalue weighted by Crippen LogP contribution is 2.08. The van der Waals surface area contributed by atoms with E-state index in [1.807, 2.05) is 6.92 Å². The van der Waals surface area contributed by atoms with E-state index in [4.69, 9.17) is 0 Å². The third-order valence-electron chi connectivity index (χ3n) is 2.66. The van der Waals surface area contributed by atoms with Gasteiger partial charge in [0.2, 0.25) is 5.95 Å². The SMILES string of the molecule is CC(=O)c1cnc(N[C@H](C)Cn2cncn2)nc1C. The summed E-state index contributed by atoms with van der Waals surface area (Å²) in [4.78, 5) is 23.6. The first-order chi connectivity index (χ1) is 9.06. The van der Waals surface area contributed by atoms with Crippen LogP contribution in [0.5, 0.6) is 0 Å². The van der Waals surface area contributed by atoms with Crippen LogP contribution in [0.2, 0.25) is 0 Å². The van der Waals surface area contributed by atoms with Gasteiger partial charge in [-0.05, 0) is 20.8 Å². The molecule has 2 aromatic heterocycles. The van der Waals surface area contributed by atoms with Gasteiger partial charge in [-0.1, -0.05) is 0 Å². The monoisotopic (exact) mass is 260 g/mol. The number of hydrogen-bond acceptors (Lipinski definition) is 6. The second-order valence-electron chi connectivity index (χ2n) is 4.41. The zero-order chi connectivity index (χ0) is 13.8. The van der Waals surface area contributed by atoms with Gasteiger partial charge in [0.05, 0.1) is 17.8 Å². The number of nitrogens with one attached hydrogen (secondary N) is 1. The number of carbonyl (C=O) groups excluding carboxylic acids is 1. The first-order valence-corrected chi connectivity index (χ1v) is 6.00. The quantitative estimate of drug-likeness (QED) is 0.810. The zero-order valence-corrected chi connectivity index (χ0v) is 11.2. The third kappa shape index (κ3) is 3.34. The van der Waals surface area contributed by atoms with Crippen molar-refractivity contribution in [3.8, 4) is 0 Å². The summed E-state index contributed by atoms with van der Waals surface area (Å²) in [7, 11) is 0. The number of rotatable bonds is 5. The first-order valence-electron chi connectivity index (χ1n) is 6.00. The van der Waals surface area contributed by atoms with Gasteiger partial charge in [0, 0.05) is 12.2 Å². The van der Waals surface area contributed by atoms with Gasteiger partial charge in [0.15, 0.2) is 5.78 Å². The Bertz CT molecular complexity index is 566. The van der Waals surface area contributed by atoms with Crippen molar-refractivity contribution in [3.63, 3.8) is 0 Å². The third-order valence-corrected chi connectivity index (χ3v) is 2.66. The number of hydrogen-bond donors (Lipinski definition) is 1. The number of ketones is 1. The number of aryl methyl sites for hydroxylation is 1. The molecule has 0 saturated carbocycles. The fourth-order valence-electron chi connectivity index (χ4n) is 1.76. The minimum atomic E-state index is -0.0280. The van der Waals surface area contributed by atoms with Crippen molar-refractivity contribution in [1.29, 1.82) is 0 Å². The maximum atomic E-state index is 11.3. The van der Waals surface area contributed by atoms with E-state index in [1.165, 1.54) is 13.3 Å². The van der Waals surface area contributed by atoms with Crippen molar-refractivity contribution in [2.45, 2.75) is 33.4 Å². The standard InChI is InChI=1S/C12H16N6O/c1-8(5-18-7-13-6-15-18)16-12-14-4-11(10(3)19)9(2)17-12/h4,6-8H,5H2,1-3H3,(H,14,16,17)/t8-/m1/s1. The summed E-state index contributed by atoms with van der Waals surface area (Å²) in [5.41, 5.74) is 1.23. The van der Waals surface area contributed by atoms with Crippen LogP contribution in [-0.4, -0.2) is 36.6 Å². The Morgan fingerprint density at radius 1 is 1.53 bits per heavy atom. The van der Waals surface area contributed by atoms with Crippen molar-refractivity contribution >= 4 is 11.7 Å². The lowest BCUT2D eigenvalue weighted by Gasteiger charge is -2.14. The number of anilines is 1. The number of Topliss-reactive ketones (excluding diaryl/α,β-unsaturated/α-hetero) is 1. The van der Waals surface area contributed by atoms with Crippen LogP contribution in [0.3, 0.4) is 0 Å². The molecule has 0 radical (unpaired) electrons. The molecule has 0 aliphatic carbocycles. The van der Waals surface area contributed by atoms with Gasteiger partial charge in [-0.25, -0.2) is 15.0 Å². The molecule has 0 fully saturated rings. The van der Waals surface area contributed by atoms with Crippen LogP contribution in [0.25, 0.3) is 0 Å². The summed E-state index contributed by atoms with van der Waals surface area (Å²) in [6, 6.07) is 0.101. The van der Waals surface area contributed by atoms with Gasteiger partial charge in [-0.15, -0.1) is 0 Å². The average Bonchev–Trinajstić information content (AvgIpc) is 2.81. The Morgan fingerprint density at radius 3 is 2.89 bits per heavy atom.